The van der Waals surface area contributed by atoms with Gasteiger partial charge in [0.25, 0.3) is 0 Å². The molecule has 3 nitrogen and oxygen atoms in total. The van der Waals surface area contributed by atoms with Gasteiger partial charge in [-0.05, 0) is 43.7 Å². The number of ether oxygens (including phenoxy) is 2. The average Bonchev–Trinajstić information content (AvgIpc) is 2.87. The van der Waals surface area contributed by atoms with Crippen LogP contribution in [0.1, 0.15) is 30.4 Å². The monoisotopic (exact) mass is 312 g/mol. The Morgan fingerprint density at radius 2 is 1.80 bits per heavy atom. The summed E-state index contributed by atoms with van der Waals surface area (Å²) in [5.41, 5.74) is 0.760. The summed E-state index contributed by atoms with van der Waals surface area (Å²) < 4.78 is 11.7. The minimum atomic E-state index is -0.706. The minimum Gasteiger partial charge on any atom is -0.490 e. The highest BCUT2D eigenvalue weighted by Crippen LogP contribution is 2.35. The summed E-state index contributed by atoms with van der Waals surface area (Å²) in [4.78, 5) is 0.807. The molecule has 2 aromatic rings. The van der Waals surface area contributed by atoms with Gasteiger partial charge < -0.3 is 14.6 Å². The van der Waals surface area contributed by atoms with Crippen molar-refractivity contribution in [3.63, 3.8) is 0 Å². The van der Waals surface area contributed by atoms with Crippen molar-refractivity contribution in [1.82, 2.24) is 0 Å². The number of rotatable bonds is 6. The fourth-order valence-electron chi connectivity index (χ4n) is 1.88. The second-order valence-corrected chi connectivity index (χ2v) is 5.86. The van der Waals surface area contributed by atoms with Crippen molar-refractivity contribution >= 4 is 22.9 Å². The molecule has 1 aromatic heterocycles. The fourth-order valence-corrected chi connectivity index (χ4v) is 2.95. The molecular weight excluding hydrogens is 296 g/mol. The van der Waals surface area contributed by atoms with Gasteiger partial charge in [0.1, 0.15) is 6.10 Å². The molecule has 0 spiro atoms. The Hall–Kier alpha value is -1.23. The molecule has 1 heterocycles. The first kappa shape index (κ1) is 15.2. The van der Waals surface area contributed by atoms with Gasteiger partial charge in [0.05, 0.1) is 17.6 Å². The summed E-state index contributed by atoms with van der Waals surface area (Å²) in [5, 5.41) is 10.4. The van der Waals surface area contributed by atoms with E-state index in [1.165, 1.54) is 11.3 Å². The molecule has 0 fully saturated rings. The van der Waals surface area contributed by atoms with Crippen molar-refractivity contribution in [3.05, 3.63) is 45.1 Å². The van der Waals surface area contributed by atoms with Crippen LogP contribution in [0.15, 0.2) is 30.3 Å². The quantitative estimate of drug-likeness (QED) is 0.865. The Morgan fingerprint density at radius 3 is 2.40 bits per heavy atom. The molecule has 0 aliphatic rings. The summed E-state index contributed by atoms with van der Waals surface area (Å²) in [7, 11) is 0. The molecule has 0 saturated heterocycles. The smallest absolute Gasteiger partial charge is 0.161 e. The van der Waals surface area contributed by atoms with Gasteiger partial charge >= 0.3 is 0 Å². The number of halogens is 1. The van der Waals surface area contributed by atoms with E-state index >= 15 is 0 Å². The van der Waals surface area contributed by atoms with Crippen molar-refractivity contribution in [2.75, 3.05) is 13.2 Å². The lowest BCUT2D eigenvalue weighted by atomic mass is 10.1. The largest absolute Gasteiger partial charge is 0.490 e. The van der Waals surface area contributed by atoms with E-state index < -0.39 is 6.10 Å². The van der Waals surface area contributed by atoms with Crippen molar-refractivity contribution < 1.29 is 14.6 Å². The van der Waals surface area contributed by atoms with Gasteiger partial charge in [0.2, 0.25) is 0 Å². The molecule has 0 bridgehead atoms. The second kappa shape index (κ2) is 6.97. The van der Waals surface area contributed by atoms with E-state index in [1.807, 2.05) is 38.1 Å². The van der Waals surface area contributed by atoms with E-state index in [1.54, 1.807) is 6.07 Å². The zero-order valence-corrected chi connectivity index (χ0v) is 13.0. The zero-order chi connectivity index (χ0) is 14.5. The van der Waals surface area contributed by atoms with Crippen LogP contribution in [0.4, 0.5) is 0 Å². The Bertz CT molecular complexity index is 568. The normalized spacial score (nSPS) is 12.2. The molecule has 2 rings (SSSR count). The molecule has 0 aliphatic carbocycles. The first-order valence-electron chi connectivity index (χ1n) is 6.48. The molecule has 0 amide bonds. The predicted octanol–water partition coefficient (Wildman–Crippen LogP) is 4.28. The minimum absolute atomic E-state index is 0.546. The van der Waals surface area contributed by atoms with Crippen LogP contribution in [0.2, 0.25) is 4.34 Å². The lowest BCUT2D eigenvalue weighted by molar-refractivity contribution is 0.222. The predicted molar refractivity (Wildman–Crippen MR) is 82.2 cm³/mol. The van der Waals surface area contributed by atoms with Gasteiger partial charge in [-0.2, -0.15) is 0 Å². The number of hydrogen-bond acceptors (Lipinski definition) is 4. The summed E-state index contributed by atoms with van der Waals surface area (Å²) >= 11 is 7.27. The fraction of sp³-hybridized carbons (Fsp3) is 0.333. The van der Waals surface area contributed by atoms with Crippen molar-refractivity contribution in [2.45, 2.75) is 20.0 Å². The molecule has 20 heavy (non-hydrogen) atoms. The molecule has 1 atom stereocenters. The topological polar surface area (TPSA) is 38.7 Å². The maximum absolute atomic E-state index is 10.4. The number of benzene rings is 1. The zero-order valence-electron chi connectivity index (χ0n) is 11.4. The SMILES string of the molecule is CCOc1ccc(C(O)c2ccc(Cl)s2)cc1OCC. The van der Waals surface area contributed by atoms with Crippen LogP contribution in [0, 0.1) is 0 Å². The Kier molecular flexibility index (Phi) is 5.29. The molecule has 0 radical (unpaired) electrons. The summed E-state index contributed by atoms with van der Waals surface area (Å²) in [6.07, 6.45) is -0.706. The standard InChI is InChI=1S/C15H17ClO3S/c1-3-18-11-6-5-10(9-12(11)19-4-2)15(17)13-7-8-14(16)20-13/h5-9,15,17H,3-4H2,1-2H3. The van der Waals surface area contributed by atoms with Gasteiger partial charge in [0.15, 0.2) is 11.5 Å². The van der Waals surface area contributed by atoms with E-state index in [0.717, 1.165) is 10.4 Å². The highest BCUT2D eigenvalue weighted by Gasteiger charge is 2.15. The summed E-state index contributed by atoms with van der Waals surface area (Å²) in [5.74, 6) is 1.34. The van der Waals surface area contributed by atoms with E-state index in [0.29, 0.717) is 29.0 Å². The van der Waals surface area contributed by atoms with E-state index in [2.05, 4.69) is 0 Å². The molecule has 1 aromatic carbocycles. The third-order valence-electron chi connectivity index (χ3n) is 2.75. The first-order valence-corrected chi connectivity index (χ1v) is 7.68. The third kappa shape index (κ3) is 3.45. The van der Waals surface area contributed by atoms with E-state index in [-0.39, 0.29) is 0 Å². The van der Waals surface area contributed by atoms with Gasteiger partial charge in [-0.1, -0.05) is 17.7 Å². The van der Waals surface area contributed by atoms with Gasteiger partial charge in [0, 0.05) is 4.88 Å². The van der Waals surface area contributed by atoms with Crippen LogP contribution in [0.3, 0.4) is 0 Å². The third-order valence-corrected chi connectivity index (χ3v) is 4.03. The van der Waals surface area contributed by atoms with E-state index in [4.69, 9.17) is 21.1 Å². The van der Waals surface area contributed by atoms with Crippen LogP contribution in [-0.4, -0.2) is 18.3 Å². The molecule has 108 valence electrons. The van der Waals surface area contributed by atoms with Gasteiger partial charge in [-0.15, -0.1) is 11.3 Å². The van der Waals surface area contributed by atoms with Crippen LogP contribution < -0.4 is 9.47 Å². The Morgan fingerprint density at radius 1 is 1.10 bits per heavy atom. The second-order valence-electron chi connectivity index (χ2n) is 4.12. The average molecular weight is 313 g/mol. The van der Waals surface area contributed by atoms with Crippen molar-refractivity contribution in [1.29, 1.82) is 0 Å². The van der Waals surface area contributed by atoms with Gasteiger partial charge in [-0.25, -0.2) is 0 Å². The van der Waals surface area contributed by atoms with Crippen molar-refractivity contribution in [3.8, 4) is 11.5 Å². The Balaban J connectivity index is 2.29. The van der Waals surface area contributed by atoms with Crippen LogP contribution in [0.5, 0.6) is 11.5 Å². The van der Waals surface area contributed by atoms with Crippen LogP contribution in [0.25, 0.3) is 0 Å². The number of thiophene rings is 1. The molecule has 1 N–H and O–H groups in total. The Labute approximate surface area is 127 Å². The summed E-state index contributed by atoms with van der Waals surface area (Å²) in [6.45, 7) is 4.96. The highest BCUT2D eigenvalue weighted by atomic mass is 35.5. The van der Waals surface area contributed by atoms with Crippen molar-refractivity contribution in [2.24, 2.45) is 0 Å². The molecule has 0 aliphatic heterocycles. The molecule has 5 heteroatoms. The maximum Gasteiger partial charge on any atom is 0.161 e. The molecule has 1 unspecified atom stereocenters. The molecule has 0 saturated carbocycles. The van der Waals surface area contributed by atoms with Gasteiger partial charge in [-0.3, -0.25) is 0 Å². The molecular formula is C15H17ClO3S. The summed E-state index contributed by atoms with van der Waals surface area (Å²) in [6, 6.07) is 9.08. The lowest BCUT2D eigenvalue weighted by Gasteiger charge is -2.14. The van der Waals surface area contributed by atoms with E-state index in [9.17, 15) is 5.11 Å². The number of aliphatic hydroxyl groups is 1. The van der Waals surface area contributed by atoms with Crippen LogP contribution >= 0.6 is 22.9 Å². The lowest BCUT2D eigenvalue weighted by Crippen LogP contribution is -2.02. The number of aliphatic hydroxyl groups excluding tert-OH is 1. The maximum atomic E-state index is 10.4. The highest BCUT2D eigenvalue weighted by molar-refractivity contribution is 7.16. The van der Waals surface area contributed by atoms with Crippen LogP contribution in [-0.2, 0) is 0 Å². The number of hydrogen-bond donors (Lipinski definition) is 1. The first-order chi connectivity index (χ1) is 9.65.